The highest BCUT2D eigenvalue weighted by molar-refractivity contribution is 5.65. The molecule has 2 aromatic rings. The quantitative estimate of drug-likeness (QED) is 0.843. The number of amides is 1. The lowest BCUT2D eigenvalue weighted by molar-refractivity contribution is -0.0394. The van der Waals surface area contributed by atoms with Crippen LogP contribution < -0.4 is 0 Å². The van der Waals surface area contributed by atoms with Crippen LogP contribution in [0.25, 0.3) is 11.1 Å². The van der Waals surface area contributed by atoms with Gasteiger partial charge in [0.2, 0.25) is 0 Å². The molecule has 0 spiro atoms. The van der Waals surface area contributed by atoms with Gasteiger partial charge in [-0.3, -0.25) is 0 Å². The van der Waals surface area contributed by atoms with Crippen molar-refractivity contribution < 1.29 is 23.4 Å². The Morgan fingerprint density at radius 2 is 1.82 bits per heavy atom. The molecule has 0 saturated carbocycles. The molecule has 0 bridgehead atoms. The SMILES string of the molecule is O=C(O)N1CCC(c2c(F)cc(-c3cnn(C4CCCCO4)c3)cc2F)CC1. The van der Waals surface area contributed by atoms with E-state index in [9.17, 15) is 13.6 Å². The third-order valence-electron chi connectivity index (χ3n) is 5.64. The highest BCUT2D eigenvalue weighted by atomic mass is 19.1. The van der Waals surface area contributed by atoms with Crippen molar-refractivity contribution in [2.45, 2.75) is 44.2 Å². The van der Waals surface area contributed by atoms with Crippen LogP contribution in [0, 0.1) is 11.6 Å². The first-order valence-corrected chi connectivity index (χ1v) is 9.66. The van der Waals surface area contributed by atoms with Crippen molar-refractivity contribution in [1.29, 1.82) is 0 Å². The zero-order chi connectivity index (χ0) is 19.7. The zero-order valence-electron chi connectivity index (χ0n) is 15.5. The summed E-state index contributed by atoms with van der Waals surface area (Å²) in [7, 11) is 0. The molecule has 8 heteroatoms. The standard InChI is InChI=1S/C20H23F2N3O3/c21-16-9-14(15-11-23-25(12-15)18-3-1-2-8-28-18)10-17(22)19(16)13-4-6-24(7-5-13)20(26)27/h9-13,18H,1-8H2,(H,26,27). The number of nitrogens with zero attached hydrogens (tertiary/aromatic N) is 3. The fraction of sp³-hybridized carbons (Fsp3) is 0.500. The van der Waals surface area contributed by atoms with Crippen LogP contribution in [0.5, 0.6) is 0 Å². The van der Waals surface area contributed by atoms with Gasteiger partial charge in [0.1, 0.15) is 17.9 Å². The summed E-state index contributed by atoms with van der Waals surface area (Å²) < 4.78 is 37.0. The largest absolute Gasteiger partial charge is 0.465 e. The molecule has 6 nitrogen and oxygen atoms in total. The van der Waals surface area contributed by atoms with E-state index in [-0.39, 0.29) is 30.8 Å². The number of halogens is 2. The van der Waals surface area contributed by atoms with E-state index in [1.54, 1.807) is 17.1 Å². The van der Waals surface area contributed by atoms with Gasteiger partial charge in [0.25, 0.3) is 0 Å². The summed E-state index contributed by atoms with van der Waals surface area (Å²) in [5.74, 6) is -1.50. The number of benzene rings is 1. The van der Waals surface area contributed by atoms with Crippen LogP contribution in [0.4, 0.5) is 13.6 Å². The lowest BCUT2D eigenvalue weighted by Crippen LogP contribution is -2.37. The second-order valence-electron chi connectivity index (χ2n) is 7.43. The maximum absolute atomic E-state index is 14.8. The predicted octanol–water partition coefficient (Wildman–Crippen LogP) is 4.38. The fourth-order valence-electron chi connectivity index (χ4n) is 4.08. The monoisotopic (exact) mass is 391 g/mol. The topological polar surface area (TPSA) is 67.6 Å². The summed E-state index contributed by atoms with van der Waals surface area (Å²) >= 11 is 0. The molecule has 1 unspecified atom stereocenters. The maximum atomic E-state index is 14.8. The molecule has 150 valence electrons. The predicted molar refractivity (Wildman–Crippen MR) is 98.0 cm³/mol. The highest BCUT2D eigenvalue weighted by Gasteiger charge is 2.28. The van der Waals surface area contributed by atoms with Gasteiger partial charge < -0.3 is 14.7 Å². The zero-order valence-corrected chi connectivity index (χ0v) is 15.5. The third kappa shape index (κ3) is 3.73. The van der Waals surface area contributed by atoms with E-state index in [1.807, 2.05) is 0 Å². The van der Waals surface area contributed by atoms with Crippen molar-refractivity contribution in [2.75, 3.05) is 19.7 Å². The van der Waals surface area contributed by atoms with Crippen LogP contribution in [-0.4, -0.2) is 45.6 Å². The summed E-state index contributed by atoms with van der Waals surface area (Å²) in [6.07, 6.45) is 6.04. The molecular weight excluding hydrogens is 368 g/mol. The number of carbonyl (C=O) groups is 1. The second-order valence-corrected chi connectivity index (χ2v) is 7.43. The third-order valence-corrected chi connectivity index (χ3v) is 5.64. The minimum absolute atomic E-state index is 0.0526. The van der Waals surface area contributed by atoms with E-state index in [0.717, 1.165) is 19.3 Å². The number of piperidine rings is 1. The fourth-order valence-corrected chi connectivity index (χ4v) is 4.08. The minimum Gasteiger partial charge on any atom is -0.465 e. The van der Waals surface area contributed by atoms with Crippen LogP contribution in [-0.2, 0) is 4.74 Å². The molecule has 2 saturated heterocycles. The van der Waals surface area contributed by atoms with Crippen molar-refractivity contribution >= 4 is 6.09 Å². The normalized spacial score (nSPS) is 21.1. The molecular formula is C20H23F2N3O3. The van der Waals surface area contributed by atoms with Crippen molar-refractivity contribution in [3.8, 4) is 11.1 Å². The van der Waals surface area contributed by atoms with Gasteiger partial charge >= 0.3 is 6.09 Å². The number of ether oxygens (including phenoxy) is 1. The number of rotatable bonds is 3. The Kier molecular flexibility index (Phi) is 5.30. The Balaban J connectivity index is 1.53. The van der Waals surface area contributed by atoms with E-state index >= 15 is 0 Å². The van der Waals surface area contributed by atoms with Gasteiger partial charge in [-0.1, -0.05) is 0 Å². The van der Waals surface area contributed by atoms with Gasteiger partial charge in [-0.15, -0.1) is 0 Å². The van der Waals surface area contributed by atoms with Crippen LogP contribution >= 0.6 is 0 Å². The van der Waals surface area contributed by atoms with Gasteiger partial charge in [0.05, 0.1) is 6.20 Å². The molecule has 2 aliphatic rings. The Morgan fingerprint density at radius 3 is 2.43 bits per heavy atom. The molecule has 2 aliphatic heterocycles. The van der Waals surface area contributed by atoms with Crippen molar-refractivity contribution in [3.05, 3.63) is 41.7 Å². The number of carboxylic acid groups (broad SMARTS) is 1. The minimum atomic E-state index is -0.992. The summed E-state index contributed by atoms with van der Waals surface area (Å²) in [5, 5.41) is 13.3. The number of likely N-dealkylation sites (tertiary alicyclic amines) is 1. The van der Waals surface area contributed by atoms with Gasteiger partial charge in [-0.2, -0.15) is 5.10 Å². The van der Waals surface area contributed by atoms with Crippen molar-refractivity contribution in [2.24, 2.45) is 0 Å². The summed E-state index contributed by atoms with van der Waals surface area (Å²) in [6.45, 7) is 1.27. The molecule has 1 atom stereocenters. The Morgan fingerprint density at radius 1 is 1.11 bits per heavy atom. The molecule has 1 N–H and O–H groups in total. The van der Waals surface area contributed by atoms with Crippen LogP contribution in [0.15, 0.2) is 24.5 Å². The lowest BCUT2D eigenvalue weighted by atomic mass is 9.88. The molecule has 1 aromatic heterocycles. The Hall–Kier alpha value is -2.48. The summed E-state index contributed by atoms with van der Waals surface area (Å²) in [6, 6.07) is 2.68. The first-order chi connectivity index (χ1) is 13.5. The van der Waals surface area contributed by atoms with Crippen LogP contribution in [0.3, 0.4) is 0 Å². The molecule has 0 aliphatic carbocycles. The average molecular weight is 391 g/mol. The number of hydrogen-bond acceptors (Lipinski definition) is 3. The van der Waals surface area contributed by atoms with Crippen molar-refractivity contribution in [3.63, 3.8) is 0 Å². The molecule has 1 amide bonds. The van der Waals surface area contributed by atoms with Crippen LogP contribution in [0.1, 0.15) is 49.8 Å². The molecule has 2 fully saturated rings. The van der Waals surface area contributed by atoms with Gasteiger partial charge in [0.15, 0.2) is 0 Å². The smallest absolute Gasteiger partial charge is 0.407 e. The molecule has 4 rings (SSSR count). The maximum Gasteiger partial charge on any atom is 0.407 e. The first-order valence-electron chi connectivity index (χ1n) is 9.66. The van der Waals surface area contributed by atoms with Crippen molar-refractivity contribution in [1.82, 2.24) is 14.7 Å². The van der Waals surface area contributed by atoms with E-state index < -0.39 is 17.7 Å². The van der Waals surface area contributed by atoms with E-state index in [1.165, 1.54) is 17.0 Å². The molecule has 3 heterocycles. The number of hydrogen-bond donors (Lipinski definition) is 1. The molecule has 1 aromatic carbocycles. The van der Waals surface area contributed by atoms with Gasteiger partial charge in [0, 0.05) is 37.0 Å². The van der Waals surface area contributed by atoms with E-state index in [2.05, 4.69) is 5.10 Å². The van der Waals surface area contributed by atoms with Crippen LogP contribution in [0.2, 0.25) is 0 Å². The van der Waals surface area contributed by atoms with E-state index in [0.29, 0.717) is 30.6 Å². The molecule has 0 radical (unpaired) electrons. The number of aromatic nitrogens is 2. The lowest BCUT2D eigenvalue weighted by Gasteiger charge is -2.30. The summed E-state index contributed by atoms with van der Waals surface area (Å²) in [4.78, 5) is 12.3. The van der Waals surface area contributed by atoms with E-state index in [4.69, 9.17) is 9.84 Å². The Labute approximate surface area is 161 Å². The van der Waals surface area contributed by atoms with Gasteiger partial charge in [-0.05, 0) is 55.7 Å². The van der Waals surface area contributed by atoms with Gasteiger partial charge in [-0.25, -0.2) is 18.3 Å². The first kappa shape index (κ1) is 18.9. The second kappa shape index (κ2) is 7.87. The average Bonchev–Trinajstić information content (AvgIpc) is 3.19. The Bertz CT molecular complexity index is 833. The summed E-state index contributed by atoms with van der Waals surface area (Å²) in [5.41, 5.74) is 1.12. The molecule has 28 heavy (non-hydrogen) atoms. The highest BCUT2D eigenvalue weighted by Crippen LogP contribution is 2.35.